The molecule has 0 fully saturated rings. The van der Waals surface area contributed by atoms with E-state index in [4.69, 9.17) is 0 Å². The van der Waals surface area contributed by atoms with Crippen molar-refractivity contribution in [2.24, 2.45) is 0 Å². The number of halogens is 2. The molecule has 2 aromatic heterocycles. The maximum absolute atomic E-state index is 13.8. The fourth-order valence-electron chi connectivity index (χ4n) is 5.80. The van der Waals surface area contributed by atoms with Crippen LogP contribution in [-0.4, -0.2) is 38.1 Å². The zero-order chi connectivity index (χ0) is 33.4. The van der Waals surface area contributed by atoms with Gasteiger partial charge >= 0.3 is 0 Å². The van der Waals surface area contributed by atoms with Gasteiger partial charge in [0.05, 0.1) is 12.2 Å². The van der Waals surface area contributed by atoms with Crippen LogP contribution >= 0.6 is 0 Å². The molecule has 12 heteroatoms. The van der Waals surface area contributed by atoms with E-state index in [1.807, 2.05) is 32.0 Å². The van der Waals surface area contributed by atoms with Crippen LogP contribution in [0.2, 0.25) is 0 Å². The number of nitrogens with one attached hydrogen (secondary N) is 3. The number of aryl methyl sites for hydroxylation is 1. The lowest BCUT2D eigenvalue weighted by molar-refractivity contribution is 0.0926. The molecule has 1 aliphatic rings. The molecule has 6 rings (SSSR count). The monoisotopic (exact) mass is 636 g/mol. The number of aromatic nitrogens is 3. The molecule has 0 bridgehead atoms. The number of carbonyl (C=O) groups excluding carboxylic acids is 4. The van der Waals surface area contributed by atoms with Gasteiger partial charge in [-0.1, -0.05) is 35.9 Å². The highest BCUT2D eigenvalue weighted by Crippen LogP contribution is 2.35. The van der Waals surface area contributed by atoms with Gasteiger partial charge in [-0.2, -0.15) is 5.10 Å². The summed E-state index contributed by atoms with van der Waals surface area (Å²) in [5, 5.41) is 12.7. The van der Waals surface area contributed by atoms with Crippen molar-refractivity contribution < 1.29 is 28.0 Å². The van der Waals surface area contributed by atoms with Gasteiger partial charge in [0.15, 0.2) is 23.1 Å². The molecule has 2 heterocycles. The molecule has 0 spiro atoms. The van der Waals surface area contributed by atoms with E-state index in [0.29, 0.717) is 29.7 Å². The summed E-state index contributed by atoms with van der Waals surface area (Å²) in [5.74, 6) is -3.93. The number of hydrogen-bond donors (Lipinski definition) is 3. The van der Waals surface area contributed by atoms with E-state index >= 15 is 0 Å². The molecule has 238 valence electrons. The van der Waals surface area contributed by atoms with Crippen molar-refractivity contribution >= 4 is 34.8 Å². The second-order valence-electron chi connectivity index (χ2n) is 11.5. The van der Waals surface area contributed by atoms with Crippen molar-refractivity contribution in [3.05, 3.63) is 129 Å². The Morgan fingerprint density at radius 2 is 1.66 bits per heavy atom. The largest absolute Gasteiger partial charge is 0.347 e. The summed E-state index contributed by atoms with van der Waals surface area (Å²) in [4.78, 5) is 56.9. The molecule has 47 heavy (non-hydrogen) atoms. The van der Waals surface area contributed by atoms with Gasteiger partial charge in [-0.3, -0.25) is 19.2 Å². The number of rotatable bonds is 8. The van der Waals surface area contributed by atoms with E-state index in [9.17, 15) is 28.0 Å². The van der Waals surface area contributed by atoms with Gasteiger partial charge in [0, 0.05) is 23.9 Å². The average molecular weight is 637 g/mol. The average Bonchev–Trinajstić information content (AvgIpc) is 3.67. The third-order valence-electron chi connectivity index (χ3n) is 8.31. The molecule has 10 nitrogen and oxygen atoms in total. The lowest BCUT2D eigenvalue weighted by Gasteiger charge is -2.16. The first-order valence-corrected chi connectivity index (χ1v) is 14.9. The first kappa shape index (κ1) is 31.2. The summed E-state index contributed by atoms with van der Waals surface area (Å²) in [5.41, 5.74) is 5.02. The number of amides is 3. The smallest absolute Gasteiger partial charge is 0.270 e. The SMILES string of the molecule is CC(=O)c1ccc2c(c1C)CC[C@@H]2NC(=O)c1cc(C(=O)NCc2ccc(F)c(F)c2)nc2c(C(=O)Nc3ccc(C)cc3)cnn12. The zero-order valence-corrected chi connectivity index (χ0v) is 25.8. The summed E-state index contributed by atoms with van der Waals surface area (Å²) in [7, 11) is 0. The van der Waals surface area contributed by atoms with E-state index in [1.165, 1.54) is 29.8 Å². The lowest BCUT2D eigenvalue weighted by Crippen LogP contribution is -2.31. The third-order valence-corrected chi connectivity index (χ3v) is 8.31. The van der Waals surface area contributed by atoms with Gasteiger partial charge in [0.1, 0.15) is 17.0 Å². The van der Waals surface area contributed by atoms with Crippen LogP contribution in [0.3, 0.4) is 0 Å². The van der Waals surface area contributed by atoms with Gasteiger partial charge in [-0.15, -0.1) is 0 Å². The van der Waals surface area contributed by atoms with Gasteiger partial charge in [0.2, 0.25) is 0 Å². The van der Waals surface area contributed by atoms with E-state index in [2.05, 4.69) is 26.0 Å². The fraction of sp³-hybridized carbons (Fsp3) is 0.200. The Morgan fingerprint density at radius 1 is 0.894 bits per heavy atom. The highest BCUT2D eigenvalue weighted by Gasteiger charge is 2.29. The standard InChI is InChI=1S/C35H30F2N6O4/c1-18-4-7-22(8-5-18)40-33(45)26-17-39-43-31(35(47)42-29-13-11-24-19(2)23(20(3)44)9-10-25(24)29)15-30(41-32(26)43)34(46)38-16-21-6-12-27(36)28(37)14-21/h4-10,12,14-15,17,29H,11,13,16H2,1-3H3,(H,38,46)(H,40,45)(H,42,47)/t29-/m0/s1. The summed E-state index contributed by atoms with van der Waals surface area (Å²) >= 11 is 0. The Balaban J connectivity index is 1.33. The van der Waals surface area contributed by atoms with Gasteiger partial charge < -0.3 is 16.0 Å². The Hall–Kier alpha value is -5.78. The third kappa shape index (κ3) is 6.22. The van der Waals surface area contributed by atoms with Crippen LogP contribution in [0.4, 0.5) is 14.5 Å². The number of ketones is 1. The molecule has 0 saturated heterocycles. The lowest BCUT2D eigenvalue weighted by atomic mass is 9.96. The van der Waals surface area contributed by atoms with Crippen molar-refractivity contribution in [2.75, 3.05) is 5.32 Å². The Bertz CT molecular complexity index is 2090. The second-order valence-corrected chi connectivity index (χ2v) is 11.5. The molecule has 1 aliphatic carbocycles. The van der Waals surface area contributed by atoms with Crippen molar-refractivity contribution in [3.8, 4) is 0 Å². The maximum Gasteiger partial charge on any atom is 0.270 e. The molecule has 0 radical (unpaired) electrons. The minimum atomic E-state index is -1.06. The molecular formula is C35H30F2N6O4. The molecule has 0 aliphatic heterocycles. The Morgan fingerprint density at radius 3 is 2.38 bits per heavy atom. The van der Waals surface area contributed by atoms with Gasteiger partial charge in [-0.05, 0) is 80.1 Å². The van der Waals surface area contributed by atoms with Crippen LogP contribution in [-0.2, 0) is 13.0 Å². The topological polar surface area (TPSA) is 135 Å². The second kappa shape index (κ2) is 12.5. The van der Waals surface area contributed by atoms with E-state index in [-0.39, 0.29) is 41.0 Å². The number of anilines is 1. The molecule has 0 unspecified atom stereocenters. The molecule has 3 aromatic carbocycles. The van der Waals surface area contributed by atoms with E-state index in [0.717, 1.165) is 34.4 Å². The number of Topliss-reactive ketones (excluding diaryl/α,β-unsaturated/α-hetero) is 1. The van der Waals surface area contributed by atoms with Crippen LogP contribution in [0.5, 0.6) is 0 Å². The first-order chi connectivity index (χ1) is 22.5. The van der Waals surface area contributed by atoms with Crippen molar-refractivity contribution in [1.29, 1.82) is 0 Å². The molecule has 5 aromatic rings. The minimum Gasteiger partial charge on any atom is -0.347 e. The molecular weight excluding hydrogens is 606 g/mol. The Kier molecular flexibility index (Phi) is 8.33. The maximum atomic E-state index is 13.8. The number of benzene rings is 3. The van der Waals surface area contributed by atoms with Crippen molar-refractivity contribution in [2.45, 2.75) is 46.2 Å². The van der Waals surface area contributed by atoms with Crippen molar-refractivity contribution in [1.82, 2.24) is 25.2 Å². The summed E-state index contributed by atoms with van der Waals surface area (Å²) < 4.78 is 28.3. The first-order valence-electron chi connectivity index (χ1n) is 14.9. The fourth-order valence-corrected chi connectivity index (χ4v) is 5.80. The predicted octanol–water partition coefficient (Wildman–Crippen LogP) is 5.43. The Labute approximate surface area is 268 Å². The van der Waals surface area contributed by atoms with Crippen LogP contribution < -0.4 is 16.0 Å². The van der Waals surface area contributed by atoms with Crippen LogP contribution in [0.1, 0.15) is 88.9 Å². The summed E-state index contributed by atoms with van der Waals surface area (Å²) in [6.07, 6.45) is 2.53. The molecule has 1 atom stereocenters. The number of nitrogens with zero attached hydrogens (tertiary/aromatic N) is 3. The molecule has 3 amide bonds. The van der Waals surface area contributed by atoms with Crippen LogP contribution in [0.15, 0.2) is 66.9 Å². The van der Waals surface area contributed by atoms with Crippen LogP contribution in [0.25, 0.3) is 5.65 Å². The molecule has 3 N–H and O–H groups in total. The van der Waals surface area contributed by atoms with Crippen LogP contribution in [0, 0.1) is 25.5 Å². The quantitative estimate of drug-likeness (QED) is 0.195. The highest BCUT2D eigenvalue weighted by molar-refractivity contribution is 6.09. The number of hydrogen-bond acceptors (Lipinski definition) is 6. The molecule has 0 saturated carbocycles. The van der Waals surface area contributed by atoms with Crippen molar-refractivity contribution in [3.63, 3.8) is 0 Å². The van der Waals surface area contributed by atoms with E-state index < -0.39 is 29.4 Å². The van der Waals surface area contributed by atoms with Gasteiger partial charge in [-0.25, -0.2) is 18.3 Å². The predicted molar refractivity (Wildman–Crippen MR) is 169 cm³/mol. The zero-order valence-electron chi connectivity index (χ0n) is 25.8. The normalized spacial score (nSPS) is 13.7. The summed E-state index contributed by atoms with van der Waals surface area (Å²) in [6, 6.07) is 14.9. The number of carbonyl (C=O) groups is 4. The van der Waals surface area contributed by atoms with E-state index in [1.54, 1.807) is 18.2 Å². The highest BCUT2D eigenvalue weighted by atomic mass is 19.2. The minimum absolute atomic E-state index is 0.0217. The summed E-state index contributed by atoms with van der Waals surface area (Å²) in [6.45, 7) is 5.18. The number of fused-ring (bicyclic) bond motifs is 2. The van der Waals surface area contributed by atoms with Gasteiger partial charge in [0.25, 0.3) is 17.7 Å².